The molecule has 0 fully saturated rings. The zero-order chi connectivity index (χ0) is 18.4. The zero-order valence-electron chi connectivity index (χ0n) is 16.6. The fourth-order valence-corrected chi connectivity index (χ4v) is 0.208. The average Bonchev–Trinajstić information content (AvgIpc) is 2.09. The van der Waals surface area contributed by atoms with Gasteiger partial charge in [-0.2, -0.15) is 0 Å². The van der Waals surface area contributed by atoms with Crippen LogP contribution in [0.2, 0.25) is 0 Å². The highest BCUT2D eigenvalue weighted by atomic mass is 35.5. The van der Waals surface area contributed by atoms with Gasteiger partial charge in [0.1, 0.15) is 0 Å². The Bertz CT molecular complexity index is 361. The van der Waals surface area contributed by atoms with Crippen LogP contribution in [0.4, 0.5) is 0 Å². The summed E-state index contributed by atoms with van der Waals surface area (Å²) in [6.45, 7) is -14.5. The third-order valence-corrected chi connectivity index (χ3v) is 0.477. The third kappa shape index (κ3) is 8.50. The number of hydrogen-bond acceptors (Lipinski definition) is 2. The van der Waals surface area contributed by atoms with E-state index in [0.717, 1.165) is 0 Å². The lowest BCUT2D eigenvalue weighted by Crippen LogP contribution is -2.06. The van der Waals surface area contributed by atoms with Crippen LogP contribution in [-0.2, 0) is 9.47 Å². The second kappa shape index (κ2) is 9.50. The van der Waals surface area contributed by atoms with Gasteiger partial charge in [0.25, 0.3) is 0 Å². The van der Waals surface area contributed by atoms with Gasteiger partial charge in [-0.05, 0) is 0 Å². The van der Waals surface area contributed by atoms with Crippen molar-refractivity contribution in [3.8, 4) is 0 Å². The molecule has 0 rings (SSSR count). The average molecular weight is 199 g/mol. The molecule has 0 aliphatic rings. The molecule has 0 atom stereocenters. The summed E-state index contributed by atoms with van der Waals surface area (Å²) in [6, 6.07) is 0. The van der Waals surface area contributed by atoms with Crippen LogP contribution in [0.25, 0.3) is 0 Å². The smallest absolute Gasteiger partial charge is 0.0701 e. The second-order valence-electron chi connectivity index (χ2n) is 0.801. The Morgan fingerprint density at radius 3 is 1.60 bits per heavy atom. The minimum Gasteiger partial charge on any atom is -0.378 e. The normalized spacial score (nSPS) is 36.6. The molecule has 0 aliphatic heterocycles. The minimum absolute atomic E-state index is 3.24. The number of halogens is 2. The van der Waals surface area contributed by atoms with Gasteiger partial charge < -0.3 is 9.47 Å². The number of hydrogen-bond donors (Lipinski definition) is 0. The Morgan fingerprint density at radius 2 is 1.30 bits per heavy atom. The first kappa shape index (κ1) is 2.05. The van der Waals surface area contributed by atoms with Crippen LogP contribution in [0.1, 0.15) is 16.4 Å². The van der Waals surface area contributed by atoms with Gasteiger partial charge >= 0.3 is 0 Å². The maximum atomic E-state index is 7.30. The van der Waals surface area contributed by atoms with Crippen LogP contribution in [0.5, 0.6) is 0 Å². The third-order valence-electron chi connectivity index (χ3n) is 0.323. The van der Waals surface area contributed by atoms with Gasteiger partial charge in [-0.3, -0.25) is 0 Å². The van der Waals surface area contributed by atoms with E-state index in [1.807, 2.05) is 0 Å². The molecule has 62 valence electrons. The van der Waals surface area contributed by atoms with Crippen LogP contribution in [0.15, 0.2) is 0 Å². The molecule has 0 unspecified atom stereocenters. The van der Waals surface area contributed by atoms with Crippen molar-refractivity contribution in [1.29, 1.82) is 0 Å². The predicted molar refractivity (Wildman–Crippen MR) is 43.1 cm³/mol. The molecule has 0 aromatic rings. The molecule has 0 saturated carbocycles. The summed E-state index contributed by atoms with van der Waals surface area (Å²) in [7, 11) is 0. The SMILES string of the molecule is [2H]C([2H])(Cl)C([2H])([2H])OC([2H])([2H])C([2H])([2H])OC([2H])([2H])C([2H])([2H])Cl. The number of ether oxygens (including phenoxy) is 2. The first-order valence-corrected chi connectivity index (χ1v) is 2.70. The topological polar surface area (TPSA) is 18.5 Å². The van der Waals surface area contributed by atoms with Crippen LogP contribution in [-0.4, -0.2) is 37.9 Å². The summed E-state index contributed by atoms with van der Waals surface area (Å²) < 4.78 is 93.6. The molecule has 2 nitrogen and oxygen atoms in total. The largest absolute Gasteiger partial charge is 0.378 e. The molecule has 0 radical (unpaired) electrons. The van der Waals surface area contributed by atoms with Gasteiger partial charge in [0.15, 0.2) is 0 Å². The van der Waals surface area contributed by atoms with Crippen molar-refractivity contribution >= 4 is 23.2 Å². The highest BCUT2D eigenvalue weighted by Crippen LogP contribution is 1.82. The fourth-order valence-electron chi connectivity index (χ4n) is 0.131. The summed E-state index contributed by atoms with van der Waals surface area (Å²) in [4.78, 5) is 0. The van der Waals surface area contributed by atoms with E-state index in [1.165, 1.54) is 0 Å². The lowest BCUT2D eigenvalue weighted by molar-refractivity contribution is 0.0599. The second-order valence-corrected chi connectivity index (χ2v) is 1.18. The van der Waals surface area contributed by atoms with Gasteiger partial charge in [0, 0.05) is 17.1 Å². The Hall–Kier alpha value is 0.500. The minimum atomic E-state index is -3.74. The maximum absolute atomic E-state index is 7.30. The zero-order valence-corrected chi connectivity index (χ0v) is 6.08. The molecule has 0 heterocycles. The highest BCUT2D eigenvalue weighted by Gasteiger charge is 1.86. The van der Waals surface area contributed by atoms with Crippen LogP contribution < -0.4 is 0 Å². The van der Waals surface area contributed by atoms with Gasteiger partial charge in [0.2, 0.25) is 0 Å². The first-order valence-electron chi connectivity index (χ1n) is 7.94. The summed E-state index contributed by atoms with van der Waals surface area (Å²) in [5.41, 5.74) is 0. The molecule has 0 aromatic carbocycles. The van der Waals surface area contributed by atoms with Crippen molar-refractivity contribution in [3.63, 3.8) is 0 Å². The summed E-state index contributed by atoms with van der Waals surface area (Å²) in [5, 5.41) is 0. The number of alkyl halides is 2. The van der Waals surface area contributed by atoms with Crippen LogP contribution >= 0.6 is 23.2 Å². The van der Waals surface area contributed by atoms with E-state index >= 15 is 0 Å². The molecule has 0 saturated heterocycles. The quantitative estimate of drug-likeness (QED) is 0.578. The molecular formula is C6H12Cl2O2. The van der Waals surface area contributed by atoms with Gasteiger partial charge in [-0.25, -0.2) is 0 Å². The van der Waals surface area contributed by atoms with Crippen molar-refractivity contribution in [2.75, 3.05) is 37.9 Å². The Labute approximate surface area is 88.3 Å². The molecule has 0 aliphatic carbocycles. The molecule has 10 heavy (non-hydrogen) atoms. The van der Waals surface area contributed by atoms with E-state index in [9.17, 15) is 0 Å². The van der Waals surface area contributed by atoms with Crippen molar-refractivity contribution in [3.05, 3.63) is 0 Å². The Balaban J connectivity index is 5.44. The van der Waals surface area contributed by atoms with Crippen LogP contribution in [0.3, 0.4) is 0 Å². The van der Waals surface area contributed by atoms with Gasteiger partial charge in [-0.1, -0.05) is 0 Å². The Kier molecular flexibility index (Phi) is 1.95. The van der Waals surface area contributed by atoms with Gasteiger partial charge in [-0.15, -0.1) is 23.2 Å². The summed E-state index contributed by atoms with van der Waals surface area (Å²) in [6.07, 6.45) is 0. The van der Waals surface area contributed by atoms with Gasteiger partial charge in [0.05, 0.1) is 37.2 Å². The van der Waals surface area contributed by atoms with Crippen LogP contribution in [0, 0.1) is 0 Å². The van der Waals surface area contributed by atoms with E-state index in [0.29, 0.717) is 0 Å². The molecular weight excluding hydrogens is 175 g/mol. The molecule has 4 heteroatoms. The van der Waals surface area contributed by atoms with Crippen molar-refractivity contribution < 1.29 is 25.9 Å². The van der Waals surface area contributed by atoms with Crippen molar-refractivity contribution in [1.82, 2.24) is 0 Å². The van der Waals surface area contributed by atoms with E-state index in [1.54, 1.807) is 0 Å². The van der Waals surface area contributed by atoms with Crippen molar-refractivity contribution in [2.45, 2.75) is 0 Å². The molecule has 0 bridgehead atoms. The summed E-state index contributed by atoms with van der Waals surface area (Å²) in [5.74, 6) is -6.48. The van der Waals surface area contributed by atoms with E-state index < -0.39 is 37.9 Å². The number of rotatable bonds is 7. The maximum Gasteiger partial charge on any atom is 0.0701 e. The molecule has 0 N–H and O–H groups in total. The molecule has 0 aromatic heterocycles. The molecule has 0 spiro atoms. The fraction of sp³-hybridized carbons (Fsp3) is 1.00. The monoisotopic (exact) mass is 198 g/mol. The predicted octanol–water partition coefficient (Wildman–Crippen LogP) is 1.50. The highest BCUT2D eigenvalue weighted by molar-refractivity contribution is 6.18. The van der Waals surface area contributed by atoms with E-state index in [4.69, 9.17) is 39.7 Å². The van der Waals surface area contributed by atoms with E-state index in [-0.39, 0.29) is 0 Å². The van der Waals surface area contributed by atoms with Crippen molar-refractivity contribution in [2.24, 2.45) is 0 Å². The standard InChI is InChI=1S/C6H12Cl2O2/c7-1-3-9-5-6-10-4-2-8/h1-6H2/i1D2,2D2,3D2,4D2,5D2,6D2. The summed E-state index contributed by atoms with van der Waals surface area (Å²) >= 11 is 10.1. The molecule has 0 amide bonds. The lowest BCUT2D eigenvalue weighted by Gasteiger charge is -2.01. The van der Waals surface area contributed by atoms with E-state index in [2.05, 4.69) is 9.47 Å². The Morgan fingerprint density at radius 1 is 0.900 bits per heavy atom. The first-order chi connectivity index (χ1) is 9.16. The lowest BCUT2D eigenvalue weighted by atomic mass is 10.7.